The van der Waals surface area contributed by atoms with E-state index in [4.69, 9.17) is 4.74 Å². The molecular formula is C22H28N4O3. The van der Waals surface area contributed by atoms with E-state index >= 15 is 0 Å². The van der Waals surface area contributed by atoms with Crippen molar-refractivity contribution >= 4 is 11.8 Å². The van der Waals surface area contributed by atoms with Crippen molar-refractivity contribution in [2.45, 2.75) is 26.2 Å². The van der Waals surface area contributed by atoms with Crippen molar-refractivity contribution in [2.75, 3.05) is 39.4 Å². The second-order valence-corrected chi connectivity index (χ2v) is 7.63. The minimum absolute atomic E-state index is 0.0245. The van der Waals surface area contributed by atoms with Gasteiger partial charge >= 0.3 is 0 Å². The molecule has 2 aliphatic heterocycles. The van der Waals surface area contributed by atoms with E-state index in [2.05, 4.69) is 5.10 Å². The molecule has 0 N–H and O–H groups in total. The summed E-state index contributed by atoms with van der Waals surface area (Å²) in [6.45, 7) is 5.69. The molecule has 2 amide bonds. The first-order chi connectivity index (χ1) is 14.2. The molecule has 2 fully saturated rings. The number of hydrogen-bond donors (Lipinski definition) is 0. The fraction of sp³-hybridized carbons (Fsp3) is 0.500. The molecule has 1 unspecified atom stereocenters. The average Bonchev–Trinajstić information content (AvgIpc) is 3.23. The largest absolute Gasteiger partial charge is 0.378 e. The molecule has 2 aromatic rings. The zero-order valence-corrected chi connectivity index (χ0v) is 16.9. The number of para-hydroxylation sites is 1. The molecule has 154 valence electrons. The third-order valence-corrected chi connectivity index (χ3v) is 5.82. The van der Waals surface area contributed by atoms with Gasteiger partial charge in [-0.15, -0.1) is 0 Å². The zero-order chi connectivity index (χ0) is 20.2. The highest BCUT2D eigenvalue weighted by Gasteiger charge is 2.33. The van der Waals surface area contributed by atoms with E-state index in [1.165, 1.54) is 0 Å². The van der Waals surface area contributed by atoms with E-state index in [-0.39, 0.29) is 17.7 Å². The number of carbonyl (C=O) groups excluding carboxylic acids is 2. The Morgan fingerprint density at radius 1 is 1.10 bits per heavy atom. The highest BCUT2D eigenvalue weighted by molar-refractivity contribution is 5.95. The van der Waals surface area contributed by atoms with Crippen LogP contribution >= 0.6 is 0 Å². The standard InChI is InChI=1S/C22H28N4O3/c1-2-20-19(15-23-26(20)18-8-4-3-5-9-18)22(28)25-10-6-7-17(16-25)21(27)24-11-13-29-14-12-24/h3-5,8-9,15,17H,2,6-7,10-14,16H2,1H3. The van der Waals surface area contributed by atoms with Gasteiger partial charge in [0.1, 0.15) is 0 Å². The Morgan fingerprint density at radius 2 is 1.86 bits per heavy atom. The summed E-state index contributed by atoms with van der Waals surface area (Å²) in [6, 6.07) is 9.86. The van der Waals surface area contributed by atoms with Gasteiger partial charge < -0.3 is 14.5 Å². The SMILES string of the molecule is CCc1c(C(=O)N2CCCC(C(=O)N3CCOCC3)C2)cnn1-c1ccccc1. The highest BCUT2D eigenvalue weighted by atomic mass is 16.5. The van der Waals surface area contributed by atoms with Crippen LogP contribution in [0.15, 0.2) is 36.5 Å². The molecule has 7 nitrogen and oxygen atoms in total. The number of benzene rings is 1. The van der Waals surface area contributed by atoms with Crippen LogP contribution < -0.4 is 0 Å². The van der Waals surface area contributed by atoms with Crippen molar-refractivity contribution in [3.63, 3.8) is 0 Å². The number of nitrogens with zero attached hydrogens (tertiary/aromatic N) is 4. The second-order valence-electron chi connectivity index (χ2n) is 7.63. The van der Waals surface area contributed by atoms with Crippen molar-refractivity contribution in [3.05, 3.63) is 47.8 Å². The molecule has 29 heavy (non-hydrogen) atoms. The number of aromatic nitrogens is 2. The quantitative estimate of drug-likeness (QED) is 0.794. The molecule has 0 spiro atoms. The Kier molecular flexibility index (Phi) is 5.94. The number of carbonyl (C=O) groups is 2. The summed E-state index contributed by atoms with van der Waals surface area (Å²) in [5.74, 6) is 0.00468. The Hall–Kier alpha value is -2.67. The molecule has 0 bridgehead atoms. The van der Waals surface area contributed by atoms with Crippen molar-refractivity contribution in [1.82, 2.24) is 19.6 Å². The summed E-state index contributed by atoms with van der Waals surface area (Å²) >= 11 is 0. The average molecular weight is 396 g/mol. The van der Waals surface area contributed by atoms with Crippen LogP contribution in [-0.2, 0) is 16.0 Å². The van der Waals surface area contributed by atoms with Gasteiger partial charge in [0.25, 0.3) is 5.91 Å². The van der Waals surface area contributed by atoms with E-state index < -0.39 is 0 Å². The van der Waals surface area contributed by atoms with Crippen molar-refractivity contribution < 1.29 is 14.3 Å². The maximum absolute atomic E-state index is 13.3. The van der Waals surface area contributed by atoms with Crippen LogP contribution in [-0.4, -0.2) is 70.8 Å². The monoisotopic (exact) mass is 396 g/mol. The minimum atomic E-state index is -0.125. The van der Waals surface area contributed by atoms with E-state index in [9.17, 15) is 9.59 Å². The molecule has 0 saturated carbocycles. The summed E-state index contributed by atoms with van der Waals surface area (Å²) in [4.78, 5) is 29.9. The second kappa shape index (κ2) is 8.78. The van der Waals surface area contributed by atoms with Crippen molar-refractivity contribution in [1.29, 1.82) is 0 Å². The molecule has 3 heterocycles. The van der Waals surface area contributed by atoms with Gasteiger partial charge in [-0.2, -0.15) is 5.10 Å². The third kappa shape index (κ3) is 4.05. The van der Waals surface area contributed by atoms with Crippen LogP contribution in [0.1, 0.15) is 35.8 Å². The number of ether oxygens (including phenoxy) is 1. The fourth-order valence-corrected chi connectivity index (χ4v) is 4.26. The van der Waals surface area contributed by atoms with Gasteiger partial charge in [0.2, 0.25) is 5.91 Å². The first kappa shape index (κ1) is 19.6. The predicted molar refractivity (Wildman–Crippen MR) is 109 cm³/mol. The number of rotatable bonds is 4. The van der Waals surface area contributed by atoms with Crippen LogP contribution in [0.4, 0.5) is 0 Å². The Bertz CT molecular complexity index is 858. The van der Waals surface area contributed by atoms with Crippen LogP contribution in [0.25, 0.3) is 5.69 Å². The van der Waals surface area contributed by atoms with Crippen LogP contribution in [0.5, 0.6) is 0 Å². The van der Waals surface area contributed by atoms with E-state index in [0.29, 0.717) is 51.4 Å². The normalized spacial score (nSPS) is 20.0. The van der Waals surface area contributed by atoms with Gasteiger partial charge in [0.15, 0.2) is 0 Å². The molecule has 4 rings (SSSR count). The lowest BCUT2D eigenvalue weighted by Gasteiger charge is -2.36. The first-order valence-electron chi connectivity index (χ1n) is 10.5. The maximum atomic E-state index is 13.3. The number of hydrogen-bond acceptors (Lipinski definition) is 4. The lowest BCUT2D eigenvalue weighted by molar-refractivity contribution is -0.141. The van der Waals surface area contributed by atoms with E-state index in [0.717, 1.165) is 24.2 Å². The summed E-state index contributed by atoms with van der Waals surface area (Å²) in [7, 11) is 0. The van der Waals surface area contributed by atoms with Crippen molar-refractivity contribution in [2.24, 2.45) is 5.92 Å². The van der Waals surface area contributed by atoms with Gasteiger partial charge in [-0.05, 0) is 31.4 Å². The number of amides is 2. The molecule has 1 aromatic carbocycles. The van der Waals surface area contributed by atoms with E-state index in [1.54, 1.807) is 6.20 Å². The molecule has 1 aromatic heterocycles. The number of likely N-dealkylation sites (tertiary alicyclic amines) is 1. The van der Waals surface area contributed by atoms with E-state index in [1.807, 2.05) is 51.7 Å². The summed E-state index contributed by atoms with van der Waals surface area (Å²) in [5.41, 5.74) is 2.49. The molecular weight excluding hydrogens is 368 g/mol. The topological polar surface area (TPSA) is 67.7 Å². The molecule has 7 heteroatoms. The molecule has 1 atom stereocenters. The number of morpholine rings is 1. The van der Waals surface area contributed by atoms with Crippen LogP contribution in [0.3, 0.4) is 0 Å². The van der Waals surface area contributed by atoms with Gasteiger partial charge in [0, 0.05) is 26.2 Å². The van der Waals surface area contributed by atoms with Gasteiger partial charge in [0.05, 0.1) is 42.3 Å². The lowest BCUT2D eigenvalue weighted by Crippen LogP contribution is -2.49. The minimum Gasteiger partial charge on any atom is -0.378 e. The summed E-state index contributed by atoms with van der Waals surface area (Å²) in [5, 5.41) is 4.48. The Morgan fingerprint density at radius 3 is 2.59 bits per heavy atom. The van der Waals surface area contributed by atoms with Gasteiger partial charge in [-0.3, -0.25) is 9.59 Å². The lowest BCUT2D eigenvalue weighted by atomic mass is 9.95. The third-order valence-electron chi connectivity index (χ3n) is 5.82. The molecule has 0 radical (unpaired) electrons. The molecule has 2 aliphatic rings. The smallest absolute Gasteiger partial charge is 0.257 e. The van der Waals surface area contributed by atoms with Crippen molar-refractivity contribution in [3.8, 4) is 5.69 Å². The highest BCUT2D eigenvalue weighted by Crippen LogP contribution is 2.23. The van der Waals surface area contributed by atoms with Crippen LogP contribution in [0.2, 0.25) is 0 Å². The number of piperidine rings is 1. The van der Waals surface area contributed by atoms with Gasteiger partial charge in [-0.1, -0.05) is 25.1 Å². The summed E-state index contributed by atoms with van der Waals surface area (Å²) in [6.07, 6.45) is 4.06. The molecule has 0 aliphatic carbocycles. The van der Waals surface area contributed by atoms with Crippen LogP contribution in [0, 0.1) is 5.92 Å². The first-order valence-corrected chi connectivity index (χ1v) is 10.5. The Balaban J connectivity index is 1.50. The fourth-order valence-electron chi connectivity index (χ4n) is 4.26. The zero-order valence-electron chi connectivity index (χ0n) is 16.9. The maximum Gasteiger partial charge on any atom is 0.257 e. The summed E-state index contributed by atoms with van der Waals surface area (Å²) < 4.78 is 7.19. The predicted octanol–water partition coefficient (Wildman–Crippen LogP) is 2.15. The molecule has 2 saturated heterocycles. The Labute approximate surface area is 171 Å². The van der Waals surface area contributed by atoms with Gasteiger partial charge in [-0.25, -0.2) is 4.68 Å².